The maximum atomic E-state index is 13.9. The van der Waals surface area contributed by atoms with E-state index in [-0.39, 0.29) is 17.5 Å². The average Bonchev–Trinajstić information content (AvgIpc) is 3.07. The lowest BCUT2D eigenvalue weighted by Gasteiger charge is -2.33. The van der Waals surface area contributed by atoms with Crippen molar-refractivity contribution in [3.05, 3.63) is 41.5 Å². The van der Waals surface area contributed by atoms with Crippen molar-refractivity contribution in [3.8, 4) is 0 Å². The molecular formula is C22H33FN6O. The van der Waals surface area contributed by atoms with Gasteiger partial charge in [-0.3, -0.25) is 4.79 Å². The van der Waals surface area contributed by atoms with E-state index < -0.39 is 0 Å². The maximum absolute atomic E-state index is 13.9. The Kier molecular flexibility index (Phi) is 7.12. The summed E-state index contributed by atoms with van der Waals surface area (Å²) in [6.45, 7) is 7.95. The SMILES string of the molecule is CC(C)C(=O)c1[nH]c2ccc(F)cc2c1/C(N)=C/N(N)CC1CCN(CCN)CC1. The number of aromatic amines is 1. The number of nitrogens with one attached hydrogen (secondary N) is 1. The third kappa shape index (κ3) is 5.00. The number of Topliss-reactive ketones (excluding diaryl/α,β-unsaturated/α-hetero) is 1. The minimum atomic E-state index is -0.382. The topological polar surface area (TPSA) is 117 Å². The summed E-state index contributed by atoms with van der Waals surface area (Å²) >= 11 is 0. The van der Waals surface area contributed by atoms with Crippen molar-refractivity contribution in [1.82, 2.24) is 14.9 Å². The number of nitrogens with two attached hydrogens (primary N) is 3. The van der Waals surface area contributed by atoms with Crippen LogP contribution in [0.4, 0.5) is 4.39 Å². The Balaban J connectivity index is 1.82. The van der Waals surface area contributed by atoms with E-state index in [0.29, 0.717) is 46.9 Å². The molecule has 0 bridgehead atoms. The quantitative estimate of drug-likeness (QED) is 0.298. The highest BCUT2D eigenvalue weighted by Gasteiger charge is 2.23. The zero-order valence-electron chi connectivity index (χ0n) is 17.8. The molecule has 164 valence electrons. The van der Waals surface area contributed by atoms with Gasteiger partial charge in [0.05, 0.1) is 11.4 Å². The van der Waals surface area contributed by atoms with Crippen LogP contribution in [0.5, 0.6) is 0 Å². The molecule has 8 heteroatoms. The van der Waals surface area contributed by atoms with Crippen molar-refractivity contribution in [2.45, 2.75) is 26.7 Å². The maximum Gasteiger partial charge on any atom is 0.182 e. The number of halogens is 1. The molecule has 1 aromatic carbocycles. The fourth-order valence-electron chi connectivity index (χ4n) is 4.11. The van der Waals surface area contributed by atoms with Crippen LogP contribution in [0.25, 0.3) is 16.6 Å². The second kappa shape index (κ2) is 9.59. The summed E-state index contributed by atoms with van der Waals surface area (Å²) in [5.41, 5.74) is 13.9. The molecule has 0 aliphatic carbocycles. The summed E-state index contributed by atoms with van der Waals surface area (Å²) in [6, 6.07) is 4.37. The number of fused-ring (bicyclic) bond motifs is 1. The molecule has 7 N–H and O–H groups in total. The van der Waals surface area contributed by atoms with Gasteiger partial charge in [0.1, 0.15) is 5.82 Å². The first-order valence-corrected chi connectivity index (χ1v) is 10.6. The van der Waals surface area contributed by atoms with E-state index in [9.17, 15) is 9.18 Å². The number of piperidine rings is 1. The Morgan fingerprint density at radius 2 is 2.07 bits per heavy atom. The Morgan fingerprint density at radius 3 is 2.70 bits per heavy atom. The van der Waals surface area contributed by atoms with E-state index in [2.05, 4.69) is 9.88 Å². The Labute approximate surface area is 177 Å². The number of H-pyrrole nitrogens is 1. The molecule has 30 heavy (non-hydrogen) atoms. The number of ketones is 1. The summed E-state index contributed by atoms with van der Waals surface area (Å²) in [5.74, 6) is 6.03. The van der Waals surface area contributed by atoms with Crippen molar-refractivity contribution in [1.29, 1.82) is 0 Å². The number of hydrogen-bond donors (Lipinski definition) is 4. The molecule has 0 amide bonds. The van der Waals surface area contributed by atoms with Crippen LogP contribution in [-0.2, 0) is 0 Å². The average molecular weight is 417 g/mol. The number of likely N-dealkylation sites (tertiary alicyclic amines) is 1. The minimum absolute atomic E-state index is 0.0752. The lowest BCUT2D eigenvalue weighted by atomic mass is 9.96. The summed E-state index contributed by atoms with van der Waals surface area (Å²) in [5, 5.41) is 2.16. The molecule has 0 saturated carbocycles. The van der Waals surface area contributed by atoms with Gasteiger partial charge in [-0.1, -0.05) is 13.8 Å². The molecule has 0 atom stereocenters. The smallest absolute Gasteiger partial charge is 0.182 e. The highest BCUT2D eigenvalue weighted by atomic mass is 19.1. The molecule has 1 aromatic heterocycles. The molecule has 7 nitrogen and oxygen atoms in total. The number of benzene rings is 1. The van der Waals surface area contributed by atoms with E-state index in [4.69, 9.17) is 17.3 Å². The van der Waals surface area contributed by atoms with Crippen LogP contribution >= 0.6 is 0 Å². The Morgan fingerprint density at radius 1 is 1.37 bits per heavy atom. The van der Waals surface area contributed by atoms with E-state index in [1.807, 2.05) is 13.8 Å². The monoisotopic (exact) mass is 416 g/mol. The standard InChI is InChI=1S/C22H33FN6O/c1-14(2)22(30)21-20(17-11-16(23)3-4-19(17)27-21)18(25)13-29(26)12-15-5-8-28(9-6-15)10-7-24/h3-4,11,13-15,27H,5-10,12,24-26H2,1-2H3/b18-13-. The van der Waals surface area contributed by atoms with Crippen molar-refractivity contribution < 1.29 is 9.18 Å². The molecule has 2 heterocycles. The lowest BCUT2D eigenvalue weighted by Crippen LogP contribution is -2.41. The van der Waals surface area contributed by atoms with Crippen LogP contribution in [0.3, 0.4) is 0 Å². The molecule has 2 aromatic rings. The zero-order valence-corrected chi connectivity index (χ0v) is 17.8. The third-order valence-electron chi connectivity index (χ3n) is 5.75. The van der Waals surface area contributed by atoms with Gasteiger partial charge in [0.15, 0.2) is 5.78 Å². The zero-order chi connectivity index (χ0) is 21.8. The number of carbonyl (C=O) groups excluding carboxylic acids is 1. The fourth-order valence-corrected chi connectivity index (χ4v) is 4.11. The number of hydrazine groups is 1. The van der Waals surface area contributed by atoms with Crippen molar-refractivity contribution >= 4 is 22.4 Å². The second-order valence-corrected chi connectivity index (χ2v) is 8.44. The molecule has 1 aliphatic heterocycles. The third-order valence-corrected chi connectivity index (χ3v) is 5.75. The number of nitrogens with zero attached hydrogens (tertiary/aromatic N) is 2. The number of carbonyl (C=O) groups is 1. The number of rotatable bonds is 8. The molecule has 0 spiro atoms. The second-order valence-electron chi connectivity index (χ2n) is 8.44. The van der Waals surface area contributed by atoms with Crippen LogP contribution in [0.2, 0.25) is 0 Å². The first kappa shape index (κ1) is 22.3. The van der Waals surface area contributed by atoms with E-state index in [1.54, 1.807) is 17.3 Å². The summed E-state index contributed by atoms with van der Waals surface area (Å²) in [4.78, 5) is 18.2. The Hall–Kier alpha value is -2.42. The van der Waals surface area contributed by atoms with Gasteiger partial charge in [0.25, 0.3) is 0 Å². The van der Waals surface area contributed by atoms with Gasteiger partial charge in [0.2, 0.25) is 0 Å². The molecule has 0 unspecified atom stereocenters. The molecule has 1 aliphatic rings. The first-order chi connectivity index (χ1) is 14.3. The van der Waals surface area contributed by atoms with Gasteiger partial charge in [-0.05, 0) is 50.0 Å². The summed E-state index contributed by atoms with van der Waals surface area (Å²) in [6.07, 6.45) is 3.75. The molecule has 1 saturated heterocycles. The van der Waals surface area contributed by atoms with Gasteiger partial charge >= 0.3 is 0 Å². The van der Waals surface area contributed by atoms with Gasteiger partial charge < -0.3 is 26.4 Å². The van der Waals surface area contributed by atoms with Gasteiger partial charge in [-0.15, -0.1) is 0 Å². The van der Waals surface area contributed by atoms with Crippen molar-refractivity contribution in [2.24, 2.45) is 29.1 Å². The van der Waals surface area contributed by atoms with E-state index in [0.717, 1.165) is 32.5 Å². The first-order valence-electron chi connectivity index (χ1n) is 10.6. The van der Waals surface area contributed by atoms with Crippen LogP contribution in [0, 0.1) is 17.7 Å². The minimum Gasteiger partial charge on any atom is -0.397 e. The Bertz CT molecular complexity index is 914. The highest BCUT2D eigenvalue weighted by Crippen LogP contribution is 2.29. The number of hydrogen-bond acceptors (Lipinski definition) is 6. The summed E-state index contributed by atoms with van der Waals surface area (Å²) in [7, 11) is 0. The van der Waals surface area contributed by atoms with Crippen LogP contribution < -0.4 is 17.3 Å². The largest absolute Gasteiger partial charge is 0.397 e. The lowest BCUT2D eigenvalue weighted by molar-refractivity contribution is 0.0935. The number of aromatic nitrogens is 1. The van der Waals surface area contributed by atoms with Crippen LogP contribution in [0.1, 0.15) is 42.7 Å². The highest BCUT2D eigenvalue weighted by molar-refractivity contribution is 6.07. The summed E-state index contributed by atoms with van der Waals surface area (Å²) < 4.78 is 13.9. The van der Waals surface area contributed by atoms with Crippen molar-refractivity contribution in [3.63, 3.8) is 0 Å². The van der Waals surface area contributed by atoms with Gasteiger partial charge in [-0.2, -0.15) is 0 Å². The molecular weight excluding hydrogens is 383 g/mol. The van der Waals surface area contributed by atoms with E-state index >= 15 is 0 Å². The normalized spacial score (nSPS) is 16.5. The molecule has 1 fully saturated rings. The fraction of sp³-hybridized carbons (Fsp3) is 0.500. The van der Waals surface area contributed by atoms with Gasteiger partial charge in [0, 0.05) is 48.2 Å². The predicted molar refractivity (Wildman–Crippen MR) is 119 cm³/mol. The molecule has 3 rings (SSSR count). The van der Waals surface area contributed by atoms with Crippen molar-refractivity contribution in [2.75, 3.05) is 32.7 Å². The van der Waals surface area contributed by atoms with Gasteiger partial charge in [-0.25, -0.2) is 10.2 Å². The van der Waals surface area contributed by atoms with E-state index in [1.165, 1.54) is 12.1 Å². The van der Waals surface area contributed by atoms with Crippen LogP contribution in [-0.4, -0.2) is 53.4 Å². The molecule has 0 radical (unpaired) electrons. The van der Waals surface area contributed by atoms with Crippen LogP contribution in [0.15, 0.2) is 24.4 Å². The predicted octanol–water partition coefficient (Wildman–Crippen LogP) is 2.25.